The van der Waals surface area contributed by atoms with Gasteiger partial charge in [-0.15, -0.1) is 0 Å². The van der Waals surface area contributed by atoms with Gasteiger partial charge >= 0.3 is 7.62 Å². The van der Waals surface area contributed by atoms with E-state index < -0.39 is 0 Å². The molecule has 0 amide bonds. The van der Waals surface area contributed by atoms with Crippen LogP contribution in [0.5, 0.6) is 0 Å². The number of hydrogen-bond donors (Lipinski definition) is 0. The maximum Gasteiger partial charge on any atom is 0.639 e. The number of benzene rings is 2. The second-order valence-electron chi connectivity index (χ2n) is 6.15. The van der Waals surface area contributed by atoms with Crippen molar-refractivity contribution < 1.29 is 9.14 Å². The monoisotopic (exact) mass is 276 g/mol. The lowest BCUT2D eigenvalue weighted by atomic mass is 9.71. The fraction of sp³-hybridized carbons (Fsp3) is 0.278. The van der Waals surface area contributed by atoms with Crippen LogP contribution in [0.1, 0.15) is 30.9 Å². The Balaban J connectivity index is 1.99. The largest absolute Gasteiger partial charge is 0.639 e. The SMILES string of the molecule is CC12CCC=[N+]1BOC2(c1ccccc1)c1ccccc1. The van der Waals surface area contributed by atoms with Crippen LogP contribution in [0.2, 0.25) is 0 Å². The zero-order valence-electron chi connectivity index (χ0n) is 12.3. The topological polar surface area (TPSA) is 12.2 Å². The summed E-state index contributed by atoms with van der Waals surface area (Å²) in [5, 5.41) is 0. The molecule has 1 atom stereocenters. The number of fused-ring (bicyclic) bond motifs is 1. The third-order valence-electron chi connectivity index (χ3n) is 5.15. The summed E-state index contributed by atoms with van der Waals surface area (Å²) in [4.78, 5) is 0. The van der Waals surface area contributed by atoms with Gasteiger partial charge in [0.15, 0.2) is 11.1 Å². The van der Waals surface area contributed by atoms with Crippen LogP contribution in [-0.2, 0) is 10.3 Å². The number of nitrogens with zero attached hydrogens (tertiary/aromatic N) is 1. The summed E-state index contributed by atoms with van der Waals surface area (Å²) in [5.41, 5.74) is 2.09. The van der Waals surface area contributed by atoms with Crippen LogP contribution in [0.4, 0.5) is 0 Å². The van der Waals surface area contributed by atoms with E-state index in [2.05, 4.69) is 78.3 Å². The van der Waals surface area contributed by atoms with E-state index in [0.717, 1.165) is 12.8 Å². The molecule has 0 aromatic heterocycles. The normalized spacial score (nSPS) is 26.0. The minimum absolute atomic E-state index is 0.0181. The van der Waals surface area contributed by atoms with Crippen molar-refractivity contribution in [3.63, 3.8) is 0 Å². The zero-order chi connectivity index (χ0) is 14.3. The van der Waals surface area contributed by atoms with E-state index in [4.69, 9.17) is 4.65 Å². The summed E-state index contributed by atoms with van der Waals surface area (Å²) in [6.07, 6.45) is 4.55. The van der Waals surface area contributed by atoms with Crippen molar-refractivity contribution >= 4 is 13.8 Å². The van der Waals surface area contributed by atoms with Crippen LogP contribution in [0.25, 0.3) is 0 Å². The van der Waals surface area contributed by atoms with Gasteiger partial charge in [-0.3, -0.25) is 4.49 Å². The van der Waals surface area contributed by atoms with Gasteiger partial charge < -0.3 is 4.65 Å². The van der Waals surface area contributed by atoms with Crippen LogP contribution in [0.3, 0.4) is 0 Å². The Morgan fingerprint density at radius 2 is 1.52 bits per heavy atom. The molecule has 1 unspecified atom stereocenters. The van der Waals surface area contributed by atoms with Gasteiger partial charge in [-0.2, -0.15) is 0 Å². The second kappa shape index (κ2) is 4.57. The maximum absolute atomic E-state index is 6.48. The molecule has 0 radical (unpaired) electrons. The van der Waals surface area contributed by atoms with Crippen LogP contribution in [-0.4, -0.2) is 23.9 Å². The molecule has 2 aliphatic rings. The van der Waals surface area contributed by atoms with E-state index in [1.807, 2.05) is 0 Å². The lowest BCUT2D eigenvalue weighted by Gasteiger charge is -2.38. The molecule has 1 saturated heterocycles. The summed E-state index contributed by atoms with van der Waals surface area (Å²) < 4.78 is 8.86. The van der Waals surface area contributed by atoms with E-state index in [9.17, 15) is 0 Å². The second-order valence-corrected chi connectivity index (χ2v) is 6.15. The molecule has 2 nitrogen and oxygen atoms in total. The summed E-state index contributed by atoms with van der Waals surface area (Å²) in [7, 11) is 0.667. The highest BCUT2D eigenvalue weighted by molar-refractivity contribution is 6.19. The zero-order valence-corrected chi connectivity index (χ0v) is 12.3. The van der Waals surface area contributed by atoms with Crippen molar-refractivity contribution in [2.45, 2.75) is 30.9 Å². The van der Waals surface area contributed by atoms with Gasteiger partial charge in [0, 0.05) is 19.8 Å². The van der Waals surface area contributed by atoms with Crippen molar-refractivity contribution in [1.29, 1.82) is 0 Å². The van der Waals surface area contributed by atoms with Crippen molar-refractivity contribution in [3.05, 3.63) is 71.8 Å². The Morgan fingerprint density at radius 3 is 2.10 bits per heavy atom. The molecule has 2 aliphatic heterocycles. The predicted octanol–water partition coefficient (Wildman–Crippen LogP) is 2.86. The molecule has 0 saturated carbocycles. The summed E-state index contributed by atoms with van der Waals surface area (Å²) in [5.74, 6) is 0. The van der Waals surface area contributed by atoms with E-state index in [0.29, 0.717) is 7.62 Å². The van der Waals surface area contributed by atoms with Crippen LogP contribution in [0, 0.1) is 0 Å². The van der Waals surface area contributed by atoms with Gasteiger partial charge in [0.25, 0.3) is 0 Å². The Bertz CT molecular complexity index is 643. The summed E-state index contributed by atoms with van der Waals surface area (Å²) >= 11 is 0. The minimum Gasteiger partial charge on any atom is -0.356 e. The van der Waals surface area contributed by atoms with Gasteiger partial charge in [0.05, 0.1) is 0 Å². The molecule has 104 valence electrons. The minimum atomic E-state index is -0.386. The molecule has 2 heterocycles. The van der Waals surface area contributed by atoms with Crippen molar-refractivity contribution in [2.75, 3.05) is 0 Å². The standard InChI is InChI=1S/C18H19BNO/c1-17-13-8-14-20(17)19-21-18(17,15-9-4-2-5-10-15)16-11-6-3-7-12-16/h2-7,9-12,14,19H,8,13H2,1H3/q+1. The van der Waals surface area contributed by atoms with Crippen LogP contribution in [0.15, 0.2) is 60.7 Å². The molecule has 0 N–H and O–H groups in total. The molecule has 0 spiro atoms. The lowest BCUT2D eigenvalue weighted by Crippen LogP contribution is -2.49. The third-order valence-corrected chi connectivity index (χ3v) is 5.15. The molecule has 2 aromatic rings. The van der Waals surface area contributed by atoms with Crippen LogP contribution < -0.4 is 0 Å². The summed E-state index contributed by atoms with van der Waals surface area (Å²) in [6, 6.07) is 21.3. The molecule has 21 heavy (non-hydrogen) atoms. The molecule has 3 heteroatoms. The third kappa shape index (κ3) is 1.61. The molecular formula is C18H19BNO+. The predicted molar refractivity (Wildman–Crippen MR) is 85.9 cm³/mol. The molecule has 4 rings (SSSR count). The van der Waals surface area contributed by atoms with Gasteiger partial charge in [-0.1, -0.05) is 60.7 Å². The van der Waals surface area contributed by atoms with E-state index in [-0.39, 0.29) is 11.1 Å². The van der Waals surface area contributed by atoms with Gasteiger partial charge in [0.1, 0.15) is 6.21 Å². The molecule has 1 fully saturated rings. The number of hydrogen-bond acceptors (Lipinski definition) is 1. The quantitative estimate of drug-likeness (QED) is 0.768. The Kier molecular flexibility index (Phi) is 2.79. The van der Waals surface area contributed by atoms with Crippen molar-refractivity contribution in [2.24, 2.45) is 0 Å². The fourth-order valence-electron chi connectivity index (χ4n) is 4.04. The summed E-state index contributed by atoms with van der Waals surface area (Å²) in [6.45, 7) is 2.34. The molecule has 2 aromatic carbocycles. The smallest absolute Gasteiger partial charge is 0.356 e. The lowest BCUT2D eigenvalue weighted by molar-refractivity contribution is -0.464. The van der Waals surface area contributed by atoms with E-state index in [1.54, 1.807) is 0 Å². The maximum atomic E-state index is 6.48. The highest BCUT2D eigenvalue weighted by Crippen LogP contribution is 2.51. The first-order valence-electron chi connectivity index (χ1n) is 7.62. The fourth-order valence-corrected chi connectivity index (χ4v) is 4.04. The molecular weight excluding hydrogens is 257 g/mol. The van der Waals surface area contributed by atoms with Crippen LogP contribution >= 0.6 is 0 Å². The Labute approximate surface area is 126 Å². The van der Waals surface area contributed by atoms with Gasteiger partial charge in [-0.05, 0) is 11.1 Å². The first kappa shape index (κ1) is 12.8. The van der Waals surface area contributed by atoms with Crippen molar-refractivity contribution in [1.82, 2.24) is 0 Å². The van der Waals surface area contributed by atoms with E-state index >= 15 is 0 Å². The molecule has 0 bridgehead atoms. The highest BCUT2D eigenvalue weighted by Gasteiger charge is 2.65. The first-order chi connectivity index (χ1) is 10.3. The average molecular weight is 276 g/mol. The average Bonchev–Trinajstić information content (AvgIpc) is 3.04. The van der Waals surface area contributed by atoms with Gasteiger partial charge in [-0.25, -0.2) is 0 Å². The molecule has 0 aliphatic carbocycles. The highest BCUT2D eigenvalue weighted by atomic mass is 16.5. The van der Waals surface area contributed by atoms with Crippen molar-refractivity contribution in [3.8, 4) is 0 Å². The Hall–Kier alpha value is -1.87. The first-order valence-corrected chi connectivity index (χ1v) is 7.62. The Morgan fingerprint density at radius 1 is 0.952 bits per heavy atom. The number of rotatable bonds is 2. The van der Waals surface area contributed by atoms with E-state index in [1.165, 1.54) is 11.1 Å². The van der Waals surface area contributed by atoms with Gasteiger partial charge in [0.2, 0.25) is 0 Å².